The normalized spacial score (nSPS) is 11.4. The van der Waals surface area contributed by atoms with Crippen molar-refractivity contribution in [2.45, 2.75) is 19.8 Å². The van der Waals surface area contributed by atoms with Crippen LogP contribution in [0.3, 0.4) is 0 Å². The summed E-state index contributed by atoms with van der Waals surface area (Å²) < 4.78 is 5.24. The standard InChI is InChI=1S/C23H20N4O2/c1-15(2)21-20-13-17(14-25-23(20)29-27-21)22(28)26-19-8-5-6-16(12-19)9-10-18-7-3-4-11-24-18/h3-15H,1-2H3,(H,26,28). The van der Waals surface area contributed by atoms with Crippen molar-refractivity contribution >= 4 is 34.8 Å². The highest BCUT2D eigenvalue weighted by atomic mass is 16.5. The van der Waals surface area contributed by atoms with Crippen molar-refractivity contribution in [2.75, 3.05) is 5.32 Å². The van der Waals surface area contributed by atoms with Crippen LogP contribution in [0.4, 0.5) is 5.69 Å². The van der Waals surface area contributed by atoms with E-state index in [0.29, 0.717) is 17.0 Å². The summed E-state index contributed by atoms with van der Waals surface area (Å²) in [5.74, 6) is -0.0555. The number of amides is 1. The monoisotopic (exact) mass is 384 g/mol. The lowest BCUT2D eigenvalue weighted by Gasteiger charge is -2.06. The molecular formula is C23H20N4O2. The number of carbonyl (C=O) groups excluding carboxylic acids is 1. The van der Waals surface area contributed by atoms with Crippen molar-refractivity contribution in [1.29, 1.82) is 0 Å². The van der Waals surface area contributed by atoms with Gasteiger partial charge in [0.1, 0.15) is 0 Å². The van der Waals surface area contributed by atoms with Crippen molar-refractivity contribution < 1.29 is 9.32 Å². The number of anilines is 1. The molecule has 0 aliphatic carbocycles. The molecule has 0 fully saturated rings. The minimum atomic E-state index is -0.235. The lowest BCUT2D eigenvalue weighted by atomic mass is 10.1. The maximum absolute atomic E-state index is 12.7. The summed E-state index contributed by atoms with van der Waals surface area (Å²) in [5, 5.41) is 7.74. The fourth-order valence-electron chi connectivity index (χ4n) is 2.97. The summed E-state index contributed by atoms with van der Waals surface area (Å²) >= 11 is 0. The molecule has 144 valence electrons. The average molecular weight is 384 g/mol. The first-order valence-electron chi connectivity index (χ1n) is 9.36. The van der Waals surface area contributed by atoms with E-state index in [1.807, 2.05) is 68.5 Å². The van der Waals surface area contributed by atoms with Crippen molar-refractivity contribution in [1.82, 2.24) is 15.1 Å². The number of pyridine rings is 2. The molecule has 0 bridgehead atoms. The van der Waals surface area contributed by atoms with Crippen LogP contribution in [0, 0.1) is 0 Å². The molecule has 0 saturated heterocycles. The van der Waals surface area contributed by atoms with E-state index >= 15 is 0 Å². The van der Waals surface area contributed by atoms with Gasteiger partial charge in [0.25, 0.3) is 11.6 Å². The summed E-state index contributed by atoms with van der Waals surface area (Å²) in [5.41, 5.74) is 4.22. The molecule has 3 aromatic heterocycles. The largest absolute Gasteiger partial charge is 0.336 e. The van der Waals surface area contributed by atoms with Gasteiger partial charge in [0.2, 0.25) is 0 Å². The Hall–Kier alpha value is -3.80. The molecular weight excluding hydrogens is 364 g/mol. The summed E-state index contributed by atoms with van der Waals surface area (Å²) in [6.45, 7) is 4.04. The highest BCUT2D eigenvalue weighted by Crippen LogP contribution is 2.24. The van der Waals surface area contributed by atoms with E-state index in [4.69, 9.17) is 4.52 Å². The predicted molar refractivity (Wildman–Crippen MR) is 113 cm³/mol. The van der Waals surface area contributed by atoms with Gasteiger partial charge in [0.05, 0.1) is 22.3 Å². The SMILES string of the molecule is CC(C)c1noc2ncc(C(=O)Nc3cccc(C=Cc4ccccn4)c3)cc12. The van der Waals surface area contributed by atoms with Gasteiger partial charge in [-0.05, 0) is 47.9 Å². The van der Waals surface area contributed by atoms with E-state index in [9.17, 15) is 4.79 Å². The first kappa shape index (κ1) is 18.6. The third-order valence-corrected chi connectivity index (χ3v) is 4.45. The van der Waals surface area contributed by atoms with Crippen LogP contribution in [0.25, 0.3) is 23.3 Å². The van der Waals surface area contributed by atoms with Crippen LogP contribution in [0.5, 0.6) is 0 Å². The second kappa shape index (κ2) is 8.06. The highest BCUT2D eigenvalue weighted by molar-refractivity contribution is 6.05. The molecule has 1 aromatic carbocycles. The lowest BCUT2D eigenvalue weighted by molar-refractivity contribution is 0.102. The Balaban J connectivity index is 1.53. The fraction of sp³-hybridized carbons (Fsp3) is 0.130. The lowest BCUT2D eigenvalue weighted by Crippen LogP contribution is -2.12. The summed E-state index contributed by atoms with van der Waals surface area (Å²) in [6, 6.07) is 15.1. The Morgan fingerprint density at radius 2 is 1.97 bits per heavy atom. The van der Waals surface area contributed by atoms with Gasteiger partial charge in [-0.15, -0.1) is 0 Å². The minimum absolute atomic E-state index is 0.180. The molecule has 0 aliphatic heterocycles. The third kappa shape index (κ3) is 4.21. The molecule has 6 heteroatoms. The number of carbonyl (C=O) groups is 1. The van der Waals surface area contributed by atoms with Gasteiger partial charge in [0, 0.05) is 18.1 Å². The quantitative estimate of drug-likeness (QED) is 0.514. The van der Waals surface area contributed by atoms with Crippen LogP contribution in [0.2, 0.25) is 0 Å². The van der Waals surface area contributed by atoms with Gasteiger partial charge in [-0.1, -0.05) is 43.3 Å². The van der Waals surface area contributed by atoms with Crippen LogP contribution in [0.1, 0.15) is 47.1 Å². The van der Waals surface area contributed by atoms with Crippen LogP contribution in [0.15, 0.2) is 65.4 Å². The molecule has 4 aromatic rings. The van der Waals surface area contributed by atoms with Gasteiger partial charge in [-0.25, -0.2) is 4.98 Å². The smallest absolute Gasteiger partial charge is 0.257 e. The van der Waals surface area contributed by atoms with Crippen LogP contribution in [-0.2, 0) is 0 Å². The van der Waals surface area contributed by atoms with Crippen molar-refractivity contribution in [2.24, 2.45) is 0 Å². The second-order valence-corrected chi connectivity index (χ2v) is 6.97. The molecule has 1 N–H and O–H groups in total. The van der Waals surface area contributed by atoms with Gasteiger partial charge in [-0.2, -0.15) is 0 Å². The number of hydrogen-bond acceptors (Lipinski definition) is 5. The zero-order chi connectivity index (χ0) is 20.2. The Bertz CT molecular complexity index is 1180. The number of aromatic nitrogens is 3. The molecule has 3 heterocycles. The minimum Gasteiger partial charge on any atom is -0.336 e. The summed E-state index contributed by atoms with van der Waals surface area (Å²) in [4.78, 5) is 21.2. The molecule has 0 radical (unpaired) electrons. The third-order valence-electron chi connectivity index (χ3n) is 4.45. The van der Waals surface area contributed by atoms with Crippen molar-refractivity contribution in [3.8, 4) is 0 Å². The molecule has 1 amide bonds. The fourth-order valence-corrected chi connectivity index (χ4v) is 2.97. The zero-order valence-electron chi connectivity index (χ0n) is 16.2. The molecule has 0 atom stereocenters. The van der Waals surface area contributed by atoms with E-state index < -0.39 is 0 Å². The average Bonchev–Trinajstić information content (AvgIpc) is 3.17. The first-order valence-corrected chi connectivity index (χ1v) is 9.36. The van der Waals surface area contributed by atoms with Crippen LogP contribution >= 0.6 is 0 Å². The van der Waals surface area contributed by atoms with Crippen LogP contribution < -0.4 is 5.32 Å². The second-order valence-electron chi connectivity index (χ2n) is 6.97. The maximum atomic E-state index is 12.7. The van der Waals surface area contributed by atoms with E-state index in [2.05, 4.69) is 20.4 Å². The van der Waals surface area contributed by atoms with E-state index in [-0.39, 0.29) is 11.8 Å². The first-order chi connectivity index (χ1) is 14.1. The summed E-state index contributed by atoms with van der Waals surface area (Å²) in [7, 11) is 0. The number of rotatable bonds is 5. The topological polar surface area (TPSA) is 80.9 Å². The van der Waals surface area contributed by atoms with Gasteiger partial charge < -0.3 is 9.84 Å². The molecule has 0 saturated carbocycles. The number of fused-ring (bicyclic) bond motifs is 1. The van der Waals surface area contributed by atoms with Crippen molar-refractivity contribution in [3.05, 3.63) is 83.4 Å². The van der Waals surface area contributed by atoms with Gasteiger partial charge in [-0.3, -0.25) is 9.78 Å². The molecule has 0 unspecified atom stereocenters. The number of benzene rings is 1. The van der Waals surface area contributed by atoms with Crippen LogP contribution in [-0.4, -0.2) is 21.0 Å². The van der Waals surface area contributed by atoms with Gasteiger partial charge in [0.15, 0.2) is 0 Å². The molecule has 0 aliphatic rings. The molecule has 29 heavy (non-hydrogen) atoms. The summed E-state index contributed by atoms with van der Waals surface area (Å²) in [6.07, 6.45) is 7.13. The maximum Gasteiger partial charge on any atom is 0.257 e. The van der Waals surface area contributed by atoms with E-state index in [1.165, 1.54) is 6.20 Å². The van der Waals surface area contributed by atoms with Crippen molar-refractivity contribution in [3.63, 3.8) is 0 Å². The van der Waals surface area contributed by atoms with E-state index in [0.717, 1.165) is 22.3 Å². The molecule has 0 spiro atoms. The molecule has 4 rings (SSSR count). The number of nitrogens with zero attached hydrogens (tertiary/aromatic N) is 3. The Morgan fingerprint density at radius 1 is 1.07 bits per heavy atom. The Kier molecular flexibility index (Phi) is 5.16. The number of hydrogen-bond donors (Lipinski definition) is 1. The number of nitrogens with one attached hydrogen (secondary N) is 1. The Labute approximate surface area is 168 Å². The predicted octanol–water partition coefficient (Wildman–Crippen LogP) is 5.16. The van der Waals surface area contributed by atoms with E-state index in [1.54, 1.807) is 12.3 Å². The Morgan fingerprint density at radius 3 is 2.76 bits per heavy atom. The molecule has 6 nitrogen and oxygen atoms in total. The highest BCUT2D eigenvalue weighted by Gasteiger charge is 2.15. The zero-order valence-corrected chi connectivity index (χ0v) is 16.2. The van der Waals surface area contributed by atoms with Gasteiger partial charge >= 0.3 is 0 Å².